The number of carbonyl (C=O) groups excluding carboxylic acids is 1. The number of hydrogen-bond donors (Lipinski definition) is 2. The van der Waals surface area contributed by atoms with Crippen molar-refractivity contribution in [1.29, 1.82) is 0 Å². The highest BCUT2D eigenvalue weighted by Gasteiger charge is 2.11. The van der Waals surface area contributed by atoms with Gasteiger partial charge in [0.2, 0.25) is 5.82 Å². The summed E-state index contributed by atoms with van der Waals surface area (Å²) < 4.78 is 0. The van der Waals surface area contributed by atoms with E-state index < -0.39 is 0 Å². The van der Waals surface area contributed by atoms with Gasteiger partial charge in [-0.25, -0.2) is 9.99 Å². The first-order valence-corrected chi connectivity index (χ1v) is 4.03. The summed E-state index contributed by atoms with van der Waals surface area (Å²) in [6, 6.07) is 0. The summed E-state index contributed by atoms with van der Waals surface area (Å²) in [7, 11) is 3.45. The Bertz CT molecular complexity index is 293. The van der Waals surface area contributed by atoms with E-state index in [1.54, 1.807) is 19.1 Å². The molecule has 0 aliphatic rings. The molecule has 0 aliphatic carbocycles. The first kappa shape index (κ1) is 9.66. The first-order chi connectivity index (χ1) is 6.13. The fourth-order valence-corrected chi connectivity index (χ4v) is 0.808. The second-order valence-corrected chi connectivity index (χ2v) is 2.79. The molecule has 1 aromatic rings. The Hall–Kier alpha value is -1.43. The number of nitrogens with zero attached hydrogens (tertiary/aromatic N) is 3. The van der Waals surface area contributed by atoms with Crippen LogP contribution in [-0.4, -0.2) is 40.2 Å². The van der Waals surface area contributed by atoms with E-state index in [2.05, 4.69) is 20.6 Å². The molecule has 0 fully saturated rings. The molecule has 13 heavy (non-hydrogen) atoms. The lowest BCUT2D eigenvalue weighted by molar-refractivity contribution is 0.0846. The average molecular weight is 183 g/mol. The second-order valence-electron chi connectivity index (χ2n) is 2.79. The fraction of sp³-hybridized carbons (Fsp3) is 0.571. The number of aromatic amines is 1. The Morgan fingerprint density at radius 1 is 1.62 bits per heavy atom. The van der Waals surface area contributed by atoms with Crippen molar-refractivity contribution in [3.8, 4) is 0 Å². The third kappa shape index (κ3) is 2.51. The highest BCUT2D eigenvalue weighted by Crippen LogP contribution is 1.92. The van der Waals surface area contributed by atoms with Crippen LogP contribution in [0.15, 0.2) is 0 Å². The zero-order valence-corrected chi connectivity index (χ0v) is 7.96. The van der Waals surface area contributed by atoms with E-state index in [4.69, 9.17) is 0 Å². The van der Waals surface area contributed by atoms with Crippen LogP contribution in [0, 0.1) is 0 Å². The summed E-state index contributed by atoms with van der Waals surface area (Å²) in [5, 5.41) is 7.98. The minimum Gasteiger partial charge on any atom is -0.282 e. The van der Waals surface area contributed by atoms with E-state index in [-0.39, 0.29) is 11.7 Å². The van der Waals surface area contributed by atoms with Gasteiger partial charge in [0.05, 0.1) is 0 Å². The molecule has 0 spiro atoms. The number of hydrazine groups is 1. The molecule has 0 atom stereocenters. The van der Waals surface area contributed by atoms with Crippen LogP contribution in [0.5, 0.6) is 0 Å². The van der Waals surface area contributed by atoms with Gasteiger partial charge < -0.3 is 0 Å². The molecule has 2 N–H and O–H groups in total. The SMILES string of the molecule is CCc1nc(C(=O)NN(C)C)n[nH]1. The van der Waals surface area contributed by atoms with E-state index in [1.807, 2.05) is 6.92 Å². The van der Waals surface area contributed by atoms with Gasteiger partial charge in [-0.05, 0) is 0 Å². The van der Waals surface area contributed by atoms with Crippen LogP contribution in [0.25, 0.3) is 0 Å². The largest absolute Gasteiger partial charge is 0.305 e. The van der Waals surface area contributed by atoms with E-state index in [1.165, 1.54) is 0 Å². The molecule has 0 radical (unpaired) electrons. The molecule has 0 unspecified atom stereocenters. The van der Waals surface area contributed by atoms with E-state index >= 15 is 0 Å². The first-order valence-electron chi connectivity index (χ1n) is 4.03. The van der Waals surface area contributed by atoms with Gasteiger partial charge in [0, 0.05) is 20.5 Å². The molecule has 0 aliphatic heterocycles. The topological polar surface area (TPSA) is 73.9 Å². The molecule has 1 heterocycles. The quantitative estimate of drug-likeness (QED) is 0.624. The minimum atomic E-state index is -0.305. The van der Waals surface area contributed by atoms with Crippen molar-refractivity contribution in [2.75, 3.05) is 14.1 Å². The molecular weight excluding hydrogens is 170 g/mol. The maximum atomic E-state index is 11.3. The summed E-state index contributed by atoms with van der Waals surface area (Å²) in [6.45, 7) is 1.94. The molecule has 1 rings (SSSR count). The lowest BCUT2D eigenvalue weighted by atomic mass is 10.5. The number of carbonyl (C=O) groups is 1. The van der Waals surface area contributed by atoms with E-state index in [0.717, 1.165) is 6.42 Å². The van der Waals surface area contributed by atoms with Crippen molar-refractivity contribution in [3.63, 3.8) is 0 Å². The lowest BCUT2D eigenvalue weighted by Crippen LogP contribution is -2.36. The number of nitrogens with one attached hydrogen (secondary N) is 2. The molecule has 1 aromatic heterocycles. The third-order valence-corrected chi connectivity index (χ3v) is 1.39. The Morgan fingerprint density at radius 2 is 2.31 bits per heavy atom. The van der Waals surface area contributed by atoms with Crippen molar-refractivity contribution >= 4 is 5.91 Å². The van der Waals surface area contributed by atoms with Crippen LogP contribution in [-0.2, 0) is 6.42 Å². The van der Waals surface area contributed by atoms with Gasteiger partial charge in [-0.1, -0.05) is 6.92 Å². The standard InChI is InChI=1S/C7H13N5O/c1-4-5-8-6(10-9-5)7(13)11-12(2)3/h4H2,1-3H3,(H,11,13)(H,8,9,10). The predicted octanol–water partition coefficient (Wildman–Crippen LogP) is -0.427. The van der Waals surface area contributed by atoms with E-state index in [0.29, 0.717) is 5.82 Å². The summed E-state index contributed by atoms with van der Waals surface area (Å²) in [6.07, 6.45) is 0.738. The number of rotatable bonds is 3. The van der Waals surface area contributed by atoms with Gasteiger partial charge in [0.15, 0.2) is 0 Å². The van der Waals surface area contributed by atoms with Crippen molar-refractivity contribution in [3.05, 3.63) is 11.6 Å². The predicted molar refractivity (Wildman–Crippen MR) is 46.9 cm³/mol. The minimum absolute atomic E-state index is 0.172. The zero-order chi connectivity index (χ0) is 9.84. The molecule has 72 valence electrons. The fourth-order valence-electron chi connectivity index (χ4n) is 0.808. The second kappa shape index (κ2) is 3.99. The number of aromatic nitrogens is 3. The molecule has 6 nitrogen and oxygen atoms in total. The number of hydrogen-bond acceptors (Lipinski definition) is 4. The summed E-state index contributed by atoms with van der Waals surface area (Å²) in [4.78, 5) is 15.3. The van der Waals surface area contributed by atoms with Gasteiger partial charge >= 0.3 is 5.91 Å². The van der Waals surface area contributed by atoms with Crippen molar-refractivity contribution in [2.45, 2.75) is 13.3 Å². The highest BCUT2D eigenvalue weighted by molar-refractivity contribution is 5.89. The Labute approximate surface area is 76.3 Å². The molecule has 0 bridgehead atoms. The molecule has 0 saturated carbocycles. The zero-order valence-electron chi connectivity index (χ0n) is 7.96. The van der Waals surface area contributed by atoms with Gasteiger partial charge in [0.25, 0.3) is 0 Å². The van der Waals surface area contributed by atoms with Gasteiger partial charge in [-0.3, -0.25) is 15.3 Å². The Balaban J connectivity index is 2.66. The Kier molecular flexibility index (Phi) is 2.97. The average Bonchev–Trinajstić information content (AvgIpc) is 2.50. The van der Waals surface area contributed by atoms with Crippen LogP contribution >= 0.6 is 0 Å². The summed E-state index contributed by atoms with van der Waals surface area (Å²) in [5.41, 5.74) is 2.55. The van der Waals surface area contributed by atoms with Gasteiger partial charge in [0.1, 0.15) is 5.82 Å². The van der Waals surface area contributed by atoms with Crippen molar-refractivity contribution in [1.82, 2.24) is 25.6 Å². The van der Waals surface area contributed by atoms with Crippen LogP contribution in [0.3, 0.4) is 0 Å². The van der Waals surface area contributed by atoms with Gasteiger partial charge in [-0.15, -0.1) is 5.10 Å². The molecule has 6 heteroatoms. The van der Waals surface area contributed by atoms with E-state index in [9.17, 15) is 4.79 Å². The van der Waals surface area contributed by atoms with Crippen LogP contribution in [0.4, 0.5) is 0 Å². The monoisotopic (exact) mass is 183 g/mol. The molecule has 0 aromatic carbocycles. The van der Waals surface area contributed by atoms with Crippen molar-refractivity contribution in [2.24, 2.45) is 0 Å². The van der Waals surface area contributed by atoms with Crippen LogP contribution < -0.4 is 5.43 Å². The Morgan fingerprint density at radius 3 is 2.77 bits per heavy atom. The highest BCUT2D eigenvalue weighted by atomic mass is 16.2. The summed E-state index contributed by atoms with van der Waals surface area (Å²) in [5.74, 6) is 0.579. The molecule has 1 amide bonds. The maximum Gasteiger partial charge on any atom is 0.305 e. The molecule has 0 saturated heterocycles. The van der Waals surface area contributed by atoms with Gasteiger partial charge in [-0.2, -0.15) is 0 Å². The summed E-state index contributed by atoms with van der Waals surface area (Å²) >= 11 is 0. The number of aryl methyl sites for hydroxylation is 1. The number of amides is 1. The number of H-pyrrole nitrogens is 1. The van der Waals surface area contributed by atoms with Crippen LogP contribution in [0.1, 0.15) is 23.4 Å². The lowest BCUT2D eigenvalue weighted by Gasteiger charge is -2.08. The maximum absolute atomic E-state index is 11.3. The van der Waals surface area contributed by atoms with Crippen molar-refractivity contribution < 1.29 is 4.79 Å². The molecular formula is C7H13N5O. The third-order valence-electron chi connectivity index (χ3n) is 1.39. The van der Waals surface area contributed by atoms with Crippen LogP contribution in [0.2, 0.25) is 0 Å². The smallest absolute Gasteiger partial charge is 0.282 e. The normalized spacial score (nSPS) is 10.5.